The first-order valence-electron chi connectivity index (χ1n) is 7.57. The van der Waals surface area contributed by atoms with Gasteiger partial charge in [-0.15, -0.1) is 0 Å². The van der Waals surface area contributed by atoms with Crippen molar-refractivity contribution in [3.05, 3.63) is 71.5 Å². The minimum Gasteiger partial charge on any atom is -0.358 e. The first kappa shape index (κ1) is 11.8. The molecule has 0 saturated carbocycles. The molecule has 1 N–H and O–H groups in total. The van der Waals surface area contributed by atoms with E-state index >= 15 is 0 Å². The predicted molar refractivity (Wildman–Crippen MR) is 85.3 cm³/mol. The molecule has 0 heterocycles. The zero-order chi connectivity index (χ0) is 13.4. The van der Waals surface area contributed by atoms with Crippen LogP contribution in [0.5, 0.6) is 0 Å². The van der Waals surface area contributed by atoms with Crippen LogP contribution in [0.25, 0.3) is 5.57 Å². The zero-order valence-electron chi connectivity index (χ0n) is 11.6. The average molecular weight is 261 g/mol. The SMILES string of the molecule is C1=CC2=C[C@H]2C(Nc2ccc(C3=CCCCC3)cc2)=C1. The first-order chi connectivity index (χ1) is 9.90. The molecule has 1 atom stereocenters. The largest absolute Gasteiger partial charge is 0.358 e. The second-order valence-electron chi connectivity index (χ2n) is 5.80. The minimum atomic E-state index is 0.542. The number of hydrogen-bond donors (Lipinski definition) is 1. The fraction of sp³-hybridized carbons (Fsp3) is 0.263. The van der Waals surface area contributed by atoms with Crippen molar-refractivity contribution in [2.75, 3.05) is 5.32 Å². The summed E-state index contributed by atoms with van der Waals surface area (Å²) in [5.41, 5.74) is 6.84. The Hall–Kier alpha value is -2.02. The summed E-state index contributed by atoms with van der Waals surface area (Å²) in [7, 11) is 0. The van der Waals surface area contributed by atoms with Gasteiger partial charge in [0.25, 0.3) is 0 Å². The van der Waals surface area contributed by atoms with Gasteiger partial charge < -0.3 is 5.32 Å². The highest BCUT2D eigenvalue weighted by Gasteiger charge is 2.28. The van der Waals surface area contributed by atoms with E-state index in [1.54, 1.807) is 0 Å². The maximum Gasteiger partial charge on any atom is 0.0424 e. The molecule has 20 heavy (non-hydrogen) atoms. The molecule has 1 nitrogen and oxygen atoms in total. The summed E-state index contributed by atoms with van der Waals surface area (Å²) in [4.78, 5) is 0. The van der Waals surface area contributed by atoms with Crippen LogP contribution in [-0.4, -0.2) is 0 Å². The second-order valence-corrected chi connectivity index (χ2v) is 5.80. The molecule has 0 unspecified atom stereocenters. The normalized spacial score (nSPS) is 23.4. The molecule has 3 aliphatic carbocycles. The Balaban J connectivity index is 1.49. The van der Waals surface area contributed by atoms with Gasteiger partial charge in [-0.1, -0.05) is 36.4 Å². The van der Waals surface area contributed by atoms with Gasteiger partial charge in [-0.25, -0.2) is 0 Å². The Morgan fingerprint density at radius 3 is 2.75 bits per heavy atom. The van der Waals surface area contributed by atoms with Gasteiger partial charge >= 0.3 is 0 Å². The molecule has 100 valence electrons. The van der Waals surface area contributed by atoms with E-state index in [0.717, 1.165) is 0 Å². The van der Waals surface area contributed by atoms with E-state index in [-0.39, 0.29) is 0 Å². The average Bonchev–Trinajstić information content (AvgIpc) is 3.30. The molecule has 0 aromatic heterocycles. The molecule has 0 bridgehead atoms. The standard InChI is InChI=1S/C19H19N/c1-2-5-14(6-3-1)15-9-11-17(12-10-15)20-19-8-4-7-16-13-18(16)19/h4-5,7-13,18,20H,1-3,6H2/t18-/m1/s1. The van der Waals surface area contributed by atoms with Crippen LogP contribution in [0.3, 0.4) is 0 Å². The summed E-state index contributed by atoms with van der Waals surface area (Å²) in [6.07, 6.45) is 16.3. The van der Waals surface area contributed by atoms with Crippen molar-refractivity contribution in [3.63, 3.8) is 0 Å². The monoisotopic (exact) mass is 261 g/mol. The number of allylic oxidation sites excluding steroid dienone is 6. The second kappa shape index (κ2) is 4.82. The van der Waals surface area contributed by atoms with Gasteiger partial charge in [0, 0.05) is 17.3 Å². The summed E-state index contributed by atoms with van der Waals surface area (Å²) in [6, 6.07) is 8.90. The van der Waals surface area contributed by atoms with E-state index in [4.69, 9.17) is 0 Å². The van der Waals surface area contributed by atoms with Crippen LogP contribution in [0.1, 0.15) is 31.2 Å². The molecule has 0 saturated heterocycles. The third-order valence-corrected chi connectivity index (χ3v) is 4.34. The molecule has 0 fully saturated rings. The van der Waals surface area contributed by atoms with E-state index in [1.165, 1.54) is 53.8 Å². The molecule has 1 heteroatoms. The fourth-order valence-electron chi connectivity index (χ4n) is 3.09. The Bertz CT molecular complexity index is 641. The van der Waals surface area contributed by atoms with Gasteiger partial charge in [0.15, 0.2) is 0 Å². The molecule has 4 rings (SSSR count). The number of anilines is 1. The number of rotatable bonds is 3. The van der Waals surface area contributed by atoms with Crippen LogP contribution >= 0.6 is 0 Å². The quantitative estimate of drug-likeness (QED) is 0.801. The van der Waals surface area contributed by atoms with E-state index < -0.39 is 0 Å². The van der Waals surface area contributed by atoms with Crippen molar-refractivity contribution >= 4 is 11.3 Å². The van der Waals surface area contributed by atoms with E-state index in [2.05, 4.69) is 60.0 Å². The highest BCUT2D eigenvalue weighted by atomic mass is 14.9. The Labute approximate surface area is 120 Å². The molecule has 1 aromatic carbocycles. The van der Waals surface area contributed by atoms with Gasteiger partial charge in [-0.3, -0.25) is 0 Å². The Morgan fingerprint density at radius 1 is 1.05 bits per heavy atom. The molecule has 0 amide bonds. The van der Waals surface area contributed by atoms with Gasteiger partial charge in [-0.05, 0) is 60.6 Å². The highest BCUT2D eigenvalue weighted by Crippen LogP contribution is 2.39. The van der Waals surface area contributed by atoms with Crippen LogP contribution < -0.4 is 5.32 Å². The van der Waals surface area contributed by atoms with Gasteiger partial charge in [-0.2, -0.15) is 0 Å². The van der Waals surface area contributed by atoms with Crippen LogP contribution in [0.2, 0.25) is 0 Å². The van der Waals surface area contributed by atoms with Crippen LogP contribution in [0, 0.1) is 5.92 Å². The Kier molecular flexibility index (Phi) is 2.84. The van der Waals surface area contributed by atoms with Crippen molar-refractivity contribution in [1.82, 2.24) is 0 Å². The van der Waals surface area contributed by atoms with Gasteiger partial charge in [0.1, 0.15) is 0 Å². The van der Waals surface area contributed by atoms with Crippen molar-refractivity contribution < 1.29 is 0 Å². The predicted octanol–water partition coefficient (Wildman–Crippen LogP) is 5.07. The van der Waals surface area contributed by atoms with Gasteiger partial charge in [0.05, 0.1) is 0 Å². The summed E-state index contributed by atoms with van der Waals surface area (Å²) >= 11 is 0. The lowest BCUT2D eigenvalue weighted by molar-refractivity contribution is 0.742. The summed E-state index contributed by atoms with van der Waals surface area (Å²) in [5.74, 6) is 0.542. The zero-order valence-corrected chi connectivity index (χ0v) is 11.6. The van der Waals surface area contributed by atoms with Crippen molar-refractivity contribution in [3.8, 4) is 0 Å². The van der Waals surface area contributed by atoms with Gasteiger partial charge in [0.2, 0.25) is 0 Å². The van der Waals surface area contributed by atoms with Crippen LogP contribution in [0.15, 0.2) is 65.9 Å². The molecular formula is C19H19N. The maximum absolute atomic E-state index is 3.54. The number of benzene rings is 1. The fourth-order valence-corrected chi connectivity index (χ4v) is 3.09. The van der Waals surface area contributed by atoms with Crippen molar-refractivity contribution in [1.29, 1.82) is 0 Å². The maximum atomic E-state index is 3.54. The first-order valence-corrected chi connectivity index (χ1v) is 7.57. The van der Waals surface area contributed by atoms with Crippen LogP contribution in [0.4, 0.5) is 5.69 Å². The topological polar surface area (TPSA) is 12.0 Å². The third kappa shape index (κ3) is 2.24. The number of fused-ring (bicyclic) bond motifs is 1. The summed E-state index contributed by atoms with van der Waals surface area (Å²) in [6.45, 7) is 0. The van der Waals surface area contributed by atoms with E-state index in [1.807, 2.05) is 0 Å². The highest BCUT2D eigenvalue weighted by molar-refractivity contribution is 5.68. The lowest BCUT2D eigenvalue weighted by Crippen LogP contribution is -2.04. The van der Waals surface area contributed by atoms with E-state index in [9.17, 15) is 0 Å². The molecule has 3 aliphatic rings. The number of hydrogen-bond acceptors (Lipinski definition) is 1. The van der Waals surface area contributed by atoms with Crippen molar-refractivity contribution in [2.45, 2.75) is 25.7 Å². The smallest absolute Gasteiger partial charge is 0.0424 e. The van der Waals surface area contributed by atoms with Crippen LogP contribution in [-0.2, 0) is 0 Å². The Morgan fingerprint density at radius 2 is 1.95 bits per heavy atom. The lowest BCUT2D eigenvalue weighted by atomic mass is 9.94. The number of nitrogens with one attached hydrogen (secondary N) is 1. The molecular weight excluding hydrogens is 242 g/mol. The summed E-state index contributed by atoms with van der Waals surface area (Å²) < 4.78 is 0. The minimum absolute atomic E-state index is 0.542. The summed E-state index contributed by atoms with van der Waals surface area (Å²) in [5, 5.41) is 3.54. The van der Waals surface area contributed by atoms with Crippen molar-refractivity contribution in [2.24, 2.45) is 5.92 Å². The molecule has 0 aliphatic heterocycles. The molecule has 1 aromatic rings. The molecule has 0 radical (unpaired) electrons. The lowest BCUT2D eigenvalue weighted by Gasteiger charge is -2.15. The van der Waals surface area contributed by atoms with E-state index in [0.29, 0.717) is 5.92 Å². The molecule has 0 spiro atoms. The third-order valence-electron chi connectivity index (χ3n) is 4.34.